The Morgan fingerprint density at radius 1 is 1.18 bits per heavy atom. The average Bonchev–Trinajstić information content (AvgIpc) is 2.69. The zero-order valence-electron chi connectivity index (χ0n) is 15.7. The van der Waals surface area contributed by atoms with Crippen molar-refractivity contribution in [2.24, 2.45) is 5.92 Å². The van der Waals surface area contributed by atoms with E-state index in [4.69, 9.17) is 9.84 Å². The van der Waals surface area contributed by atoms with E-state index in [1.807, 2.05) is 6.07 Å². The molecule has 148 valence electrons. The number of likely N-dealkylation sites (tertiary alicyclic amines) is 1. The second-order valence-electron chi connectivity index (χ2n) is 6.88. The van der Waals surface area contributed by atoms with Crippen LogP contribution in [-0.4, -0.2) is 42.1 Å². The van der Waals surface area contributed by atoms with Gasteiger partial charge in [0.25, 0.3) is 5.91 Å². The molecule has 7 heteroatoms. The molecule has 2 N–H and O–H groups in total. The molecule has 3 rings (SSSR count). The SMILES string of the molecule is COc1ccc(NC(=O)c2ccc(F)cc2)cc1CN1CCC(C(=O)O)CC1. The van der Waals surface area contributed by atoms with E-state index < -0.39 is 11.8 Å². The molecule has 1 saturated heterocycles. The van der Waals surface area contributed by atoms with Gasteiger partial charge < -0.3 is 15.2 Å². The molecule has 1 fully saturated rings. The van der Waals surface area contributed by atoms with Gasteiger partial charge in [0.15, 0.2) is 0 Å². The van der Waals surface area contributed by atoms with E-state index in [-0.39, 0.29) is 11.8 Å². The number of carbonyl (C=O) groups is 2. The first-order valence-corrected chi connectivity index (χ1v) is 9.15. The predicted octanol–water partition coefficient (Wildman–Crippen LogP) is 3.38. The maximum Gasteiger partial charge on any atom is 0.306 e. The van der Waals surface area contributed by atoms with Crippen LogP contribution in [0.3, 0.4) is 0 Å². The van der Waals surface area contributed by atoms with Gasteiger partial charge in [0.1, 0.15) is 11.6 Å². The Morgan fingerprint density at radius 3 is 2.46 bits per heavy atom. The van der Waals surface area contributed by atoms with Crippen LogP contribution in [0.25, 0.3) is 0 Å². The summed E-state index contributed by atoms with van der Waals surface area (Å²) in [5.41, 5.74) is 1.90. The van der Waals surface area contributed by atoms with Gasteiger partial charge in [-0.2, -0.15) is 0 Å². The maximum atomic E-state index is 13.0. The number of ether oxygens (including phenoxy) is 1. The van der Waals surface area contributed by atoms with Gasteiger partial charge in [-0.15, -0.1) is 0 Å². The Hall–Kier alpha value is -2.93. The number of nitrogens with one attached hydrogen (secondary N) is 1. The fourth-order valence-electron chi connectivity index (χ4n) is 3.36. The molecule has 0 aromatic heterocycles. The molecule has 0 spiro atoms. The van der Waals surface area contributed by atoms with Crippen LogP contribution in [0.2, 0.25) is 0 Å². The number of amides is 1. The summed E-state index contributed by atoms with van der Waals surface area (Å²) in [6, 6.07) is 10.7. The lowest BCUT2D eigenvalue weighted by Crippen LogP contribution is -2.35. The number of aliphatic carboxylic acids is 1. The Labute approximate surface area is 162 Å². The van der Waals surface area contributed by atoms with E-state index in [0.29, 0.717) is 49.5 Å². The third-order valence-electron chi connectivity index (χ3n) is 4.98. The molecular formula is C21H23FN2O4. The first kappa shape index (κ1) is 19.8. The minimum Gasteiger partial charge on any atom is -0.496 e. The van der Waals surface area contributed by atoms with Crippen LogP contribution in [0.5, 0.6) is 5.75 Å². The smallest absolute Gasteiger partial charge is 0.306 e. The summed E-state index contributed by atoms with van der Waals surface area (Å²) in [5.74, 6) is -1.02. The quantitative estimate of drug-likeness (QED) is 0.796. The zero-order chi connectivity index (χ0) is 20.1. The lowest BCUT2D eigenvalue weighted by molar-refractivity contribution is -0.143. The van der Waals surface area contributed by atoms with Crippen molar-refractivity contribution in [2.45, 2.75) is 19.4 Å². The molecule has 0 aliphatic carbocycles. The molecule has 1 heterocycles. The van der Waals surface area contributed by atoms with Gasteiger partial charge in [0.05, 0.1) is 13.0 Å². The van der Waals surface area contributed by atoms with E-state index in [0.717, 1.165) is 5.56 Å². The van der Waals surface area contributed by atoms with Gasteiger partial charge in [0.2, 0.25) is 0 Å². The van der Waals surface area contributed by atoms with E-state index in [1.165, 1.54) is 24.3 Å². The number of hydrogen-bond donors (Lipinski definition) is 2. The molecule has 0 unspecified atom stereocenters. The highest BCUT2D eigenvalue weighted by atomic mass is 19.1. The summed E-state index contributed by atoms with van der Waals surface area (Å²) >= 11 is 0. The highest BCUT2D eigenvalue weighted by Crippen LogP contribution is 2.27. The number of halogens is 1. The number of benzene rings is 2. The molecular weight excluding hydrogens is 363 g/mol. The van der Waals surface area contributed by atoms with Gasteiger partial charge >= 0.3 is 5.97 Å². The van der Waals surface area contributed by atoms with Gasteiger partial charge in [-0.25, -0.2) is 4.39 Å². The van der Waals surface area contributed by atoms with Crippen LogP contribution in [0.15, 0.2) is 42.5 Å². The van der Waals surface area contributed by atoms with Gasteiger partial charge in [-0.1, -0.05) is 0 Å². The first-order chi connectivity index (χ1) is 13.5. The minimum absolute atomic E-state index is 0.278. The van der Waals surface area contributed by atoms with Crippen molar-refractivity contribution in [1.82, 2.24) is 4.90 Å². The number of carboxylic acid groups (broad SMARTS) is 1. The number of nitrogens with zero attached hydrogens (tertiary/aromatic N) is 1. The summed E-state index contributed by atoms with van der Waals surface area (Å²) in [4.78, 5) is 25.6. The van der Waals surface area contributed by atoms with Crippen molar-refractivity contribution < 1.29 is 23.8 Å². The lowest BCUT2D eigenvalue weighted by Gasteiger charge is -2.30. The second-order valence-corrected chi connectivity index (χ2v) is 6.88. The van der Waals surface area contributed by atoms with Crippen molar-refractivity contribution in [2.75, 3.05) is 25.5 Å². The number of hydrogen-bond acceptors (Lipinski definition) is 4. The molecule has 0 atom stereocenters. The van der Waals surface area contributed by atoms with Crippen molar-refractivity contribution in [3.05, 3.63) is 59.4 Å². The Bertz CT molecular complexity index is 846. The Balaban J connectivity index is 1.69. The van der Waals surface area contributed by atoms with E-state index in [2.05, 4.69) is 10.2 Å². The number of rotatable bonds is 6. The van der Waals surface area contributed by atoms with Crippen LogP contribution in [0.1, 0.15) is 28.8 Å². The number of carbonyl (C=O) groups excluding carboxylic acids is 1. The highest BCUT2D eigenvalue weighted by molar-refractivity contribution is 6.04. The molecule has 2 aromatic carbocycles. The van der Waals surface area contributed by atoms with E-state index in [9.17, 15) is 14.0 Å². The van der Waals surface area contributed by atoms with Crippen molar-refractivity contribution in [1.29, 1.82) is 0 Å². The van der Waals surface area contributed by atoms with Crippen molar-refractivity contribution >= 4 is 17.6 Å². The second kappa shape index (κ2) is 8.84. The van der Waals surface area contributed by atoms with E-state index >= 15 is 0 Å². The largest absolute Gasteiger partial charge is 0.496 e. The Kier molecular flexibility index (Phi) is 6.26. The number of carboxylic acids is 1. The standard InChI is InChI=1S/C21H23FN2O4/c1-28-19-7-6-18(23-20(25)14-2-4-17(22)5-3-14)12-16(19)13-24-10-8-15(9-11-24)21(26)27/h2-7,12,15H,8-11,13H2,1H3,(H,23,25)(H,26,27). The van der Waals surface area contributed by atoms with Gasteiger partial charge in [0, 0.05) is 23.4 Å². The van der Waals surface area contributed by atoms with Crippen molar-refractivity contribution in [3.63, 3.8) is 0 Å². The molecule has 1 aliphatic heterocycles. The maximum absolute atomic E-state index is 13.0. The molecule has 0 radical (unpaired) electrons. The number of methoxy groups -OCH3 is 1. The first-order valence-electron chi connectivity index (χ1n) is 9.15. The van der Waals surface area contributed by atoms with Gasteiger partial charge in [-0.3, -0.25) is 14.5 Å². The van der Waals surface area contributed by atoms with Gasteiger partial charge in [-0.05, 0) is 68.4 Å². The Morgan fingerprint density at radius 2 is 1.86 bits per heavy atom. The summed E-state index contributed by atoms with van der Waals surface area (Å²) in [6.45, 7) is 2.01. The molecule has 2 aromatic rings. The van der Waals surface area contributed by atoms with E-state index in [1.54, 1.807) is 19.2 Å². The third kappa shape index (κ3) is 4.86. The summed E-state index contributed by atoms with van der Waals surface area (Å²) in [6.07, 6.45) is 1.25. The summed E-state index contributed by atoms with van der Waals surface area (Å²) in [5, 5.41) is 11.9. The van der Waals surface area contributed by atoms with Crippen LogP contribution < -0.4 is 10.1 Å². The topological polar surface area (TPSA) is 78.9 Å². The van der Waals surface area contributed by atoms with Crippen LogP contribution in [-0.2, 0) is 11.3 Å². The summed E-state index contributed by atoms with van der Waals surface area (Å²) < 4.78 is 18.5. The fourth-order valence-corrected chi connectivity index (χ4v) is 3.36. The number of anilines is 1. The number of piperidine rings is 1. The average molecular weight is 386 g/mol. The normalized spacial score (nSPS) is 15.2. The lowest BCUT2D eigenvalue weighted by atomic mass is 9.96. The molecule has 28 heavy (non-hydrogen) atoms. The third-order valence-corrected chi connectivity index (χ3v) is 4.98. The fraction of sp³-hybridized carbons (Fsp3) is 0.333. The van der Waals surface area contributed by atoms with Crippen LogP contribution in [0.4, 0.5) is 10.1 Å². The van der Waals surface area contributed by atoms with Crippen LogP contribution >= 0.6 is 0 Å². The monoisotopic (exact) mass is 386 g/mol. The molecule has 6 nitrogen and oxygen atoms in total. The zero-order valence-corrected chi connectivity index (χ0v) is 15.7. The summed E-state index contributed by atoms with van der Waals surface area (Å²) in [7, 11) is 1.59. The van der Waals surface area contributed by atoms with Crippen molar-refractivity contribution in [3.8, 4) is 5.75 Å². The highest BCUT2D eigenvalue weighted by Gasteiger charge is 2.25. The molecule has 0 saturated carbocycles. The van der Waals surface area contributed by atoms with Crippen LogP contribution in [0, 0.1) is 11.7 Å². The molecule has 0 bridgehead atoms. The minimum atomic E-state index is -0.734. The molecule has 1 aliphatic rings. The predicted molar refractivity (Wildman–Crippen MR) is 103 cm³/mol. The molecule has 1 amide bonds.